The van der Waals surface area contributed by atoms with E-state index in [1.165, 1.54) is 19.1 Å². The van der Waals surface area contributed by atoms with Crippen LogP contribution in [0.15, 0.2) is 12.1 Å². The number of halogens is 1. The molecule has 4 nitrogen and oxygen atoms in total. The highest BCUT2D eigenvalue weighted by Gasteiger charge is 2.07. The van der Waals surface area contributed by atoms with Crippen LogP contribution < -0.4 is 5.32 Å². The number of nitrogens with one attached hydrogen (secondary N) is 1. The number of phenolic OH excluding ortho intramolecular Hbond substituents is 1. The number of aromatic hydroxyl groups is 1. The monoisotopic (exact) mass is 213 g/mol. The zero-order valence-corrected chi connectivity index (χ0v) is 8.13. The fraction of sp³-hybridized carbons (Fsp3) is 0.111. The highest BCUT2D eigenvalue weighted by atomic mass is 35.5. The lowest BCUT2D eigenvalue weighted by molar-refractivity contribution is -0.114. The number of benzene rings is 1. The van der Waals surface area contributed by atoms with Crippen LogP contribution in [0.1, 0.15) is 17.3 Å². The van der Waals surface area contributed by atoms with Gasteiger partial charge < -0.3 is 10.4 Å². The second-order valence-corrected chi connectivity index (χ2v) is 3.10. The quantitative estimate of drug-likeness (QED) is 0.737. The normalized spacial score (nSPS) is 9.57. The molecule has 0 aromatic heterocycles. The average molecular weight is 214 g/mol. The molecule has 0 unspecified atom stereocenters. The van der Waals surface area contributed by atoms with E-state index in [0.29, 0.717) is 6.29 Å². The summed E-state index contributed by atoms with van der Waals surface area (Å²) >= 11 is 5.74. The molecule has 2 N–H and O–H groups in total. The van der Waals surface area contributed by atoms with Gasteiger partial charge in [-0.1, -0.05) is 11.6 Å². The minimum Gasteiger partial charge on any atom is -0.507 e. The summed E-state index contributed by atoms with van der Waals surface area (Å²) in [7, 11) is 0. The predicted molar refractivity (Wildman–Crippen MR) is 52.8 cm³/mol. The summed E-state index contributed by atoms with van der Waals surface area (Å²) in [6, 6.07) is 2.52. The van der Waals surface area contributed by atoms with Gasteiger partial charge in [-0.2, -0.15) is 0 Å². The molecule has 0 saturated heterocycles. The molecule has 0 aliphatic heterocycles. The van der Waals surface area contributed by atoms with Crippen LogP contribution in [-0.2, 0) is 4.79 Å². The van der Waals surface area contributed by atoms with E-state index < -0.39 is 0 Å². The van der Waals surface area contributed by atoms with Crippen molar-refractivity contribution in [3.63, 3.8) is 0 Å². The molecule has 14 heavy (non-hydrogen) atoms. The Bertz CT molecular complexity index is 390. The summed E-state index contributed by atoms with van der Waals surface area (Å²) in [6.07, 6.45) is 0.485. The van der Waals surface area contributed by atoms with E-state index in [9.17, 15) is 14.7 Å². The number of aldehydes is 1. The van der Waals surface area contributed by atoms with Gasteiger partial charge in [-0.3, -0.25) is 9.59 Å². The minimum absolute atomic E-state index is 0.0871. The van der Waals surface area contributed by atoms with E-state index in [4.69, 9.17) is 11.6 Å². The summed E-state index contributed by atoms with van der Waals surface area (Å²) in [6.45, 7) is 1.32. The van der Waals surface area contributed by atoms with Crippen molar-refractivity contribution in [2.24, 2.45) is 0 Å². The zero-order chi connectivity index (χ0) is 10.7. The van der Waals surface area contributed by atoms with Crippen molar-refractivity contribution in [3.05, 3.63) is 22.7 Å². The smallest absolute Gasteiger partial charge is 0.221 e. The van der Waals surface area contributed by atoms with E-state index in [2.05, 4.69) is 5.32 Å². The van der Waals surface area contributed by atoms with E-state index in [1.807, 2.05) is 0 Å². The largest absolute Gasteiger partial charge is 0.507 e. The third-order valence-electron chi connectivity index (χ3n) is 1.55. The number of hydrogen-bond acceptors (Lipinski definition) is 3. The van der Waals surface area contributed by atoms with Gasteiger partial charge in [-0.25, -0.2) is 0 Å². The summed E-state index contributed by atoms with van der Waals surface area (Å²) in [5.41, 5.74) is 0.367. The van der Waals surface area contributed by atoms with Gasteiger partial charge in [0.15, 0.2) is 6.29 Å². The molecule has 1 rings (SSSR count). The maximum Gasteiger partial charge on any atom is 0.221 e. The van der Waals surface area contributed by atoms with Crippen molar-refractivity contribution in [1.82, 2.24) is 0 Å². The fourth-order valence-electron chi connectivity index (χ4n) is 0.957. The van der Waals surface area contributed by atoms with Gasteiger partial charge in [0.05, 0.1) is 16.3 Å². The number of amides is 1. The number of carbonyl (C=O) groups is 2. The Hall–Kier alpha value is -1.55. The summed E-state index contributed by atoms with van der Waals surface area (Å²) in [5.74, 6) is -0.515. The molecule has 0 fully saturated rings. The first kappa shape index (κ1) is 10.5. The van der Waals surface area contributed by atoms with Gasteiger partial charge >= 0.3 is 0 Å². The maximum atomic E-state index is 10.7. The second-order valence-electron chi connectivity index (χ2n) is 2.69. The lowest BCUT2D eigenvalue weighted by Crippen LogP contribution is -2.06. The Morgan fingerprint density at radius 3 is 2.71 bits per heavy atom. The zero-order valence-electron chi connectivity index (χ0n) is 7.37. The van der Waals surface area contributed by atoms with Crippen molar-refractivity contribution in [2.75, 3.05) is 5.32 Å². The highest BCUT2D eigenvalue weighted by molar-refractivity contribution is 6.34. The van der Waals surface area contributed by atoms with Crippen molar-refractivity contribution in [3.8, 4) is 5.75 Å². The molecule has 0 aliphatic rings. The maximum absolute atomic E-state index is 10.7. The Morgan fingerprint density at radius 1 is 1.57 bits per heavy atom. The van der Waals surface area contributed by atoms with Crippen molar-refractivity contribution in [2.45, 2.75) is 6.92 Å². The Morgan fingerprint density at radius 2 is 2.21 bits per heavy atom. The van der Waals surface area contributed by atoms with Crippen LogP contribution in [-0.4, -0.2) is 17.3 Å². The van der Waals surface area contributed by atoms with Crippen LogP contribution in [0.3, 0.4) is 0 Å². The molecular formula is C9H8ClNO3. The molecule has 0 spiro atoms. The van der Waals surface area contributed by atoms with E-state index >= 15 is 0 Å². The van der Waals surface area contributed by atoms with Gasteiger partial charge in [0.25, 0.3) is 0 Å². The molecule has 1 aromatic rings. The van der Waals surface area contributed by atoms with Crippen LogP contribution in [0.5, 0.6) is 5.75 Å². The Kier molecular flexibility index (Phi) is 3.09. The van der Waals surface area contributed by atoms with Crippen LogP contribution in [0, 0.1) is 0 Å². The third kappa shape index (κ3) is 2.23. The molecule has 0 radical (unpaired) electrons. The summed E-state index contributed by atoms with van der Waals surface area (Å²) < 4.78 is 0. The number of carbonyl (C=O) groups excluding carboxylic acids is 2. The van der Waals surface area contributed by atoms with Crippen molar-refractivity contribution < 1.29 is 14.7 Å². The summed E-state index contributed by atoms with van der Waals surface area (Å²) in [5, 5.41) is 11.9. The number of hydrogen-bond donors (Lipinski definition) is 2. The molecular weight excluding hydrogens is 206 g/mol. The van der Waals surface area contributed by atoms with Crippen molar-refractivity contribution >= 4 is 29.5 Å². The van der Waals surface area contributed by atoms with Gasteiger partial charge in [0.2, 0.25) is 5.91 Å². The molecule has 0 bridgehead atoms. The van der Waals surface area contributed by atoms with Crippen LogP contribution in [0.2, 0.25) is 5.02 Å². The topological polar surface area (TPSA) is 66.4 Å². The van der Waals surface area contributed by atoms with Gasteiger partial charge in [-0.15, -0.1) is 0 Å². The van der Waals surface area contributed by atoms with Crippen LogP contribution in [0.25, 0.3) is 0 Å². The molecule has 0 aliphatic carbocycles. The Balaban J connectivity index is 3.14. The molecule has 1 amide bonds. The highest BCUT2D eigenvalue weighted by Crippen LogP contribution is 2.29. The first-order chi connectivity index (χ1) is 6.54. The van der Waals surface area contributed by atoms with Crippen molar-refractivity contribution in [1.29, 1.82) is 0 Å². The molecule has 0 saturated carbocycles. The second kappa shape index (κ2) is 4.11. The third-order valence-corrected chi connectivity index (χ3v) is 1.87. The first-order valence-corrected chi connectivity index (χ1v) is 4.17. The minimum atomic E-state index is -0.301. The standard InChI is InChI=1S/C9H8ClNO3/c1-5(13)11-8-3-9(14)6(4-12)2-7(8)10/h2-4,14H,1H3,(H,11,13). The predicted octanol–water partition coefficient (Wildman–Crippen LogP) is 1.82. The van der Waals surface area contributed by atoms with E-state index in [-0.39, 0.29) is 27.9 Å². The first-order valence-electron chi connectivity index (χ1n) is 3.80. The summed E-state index contributed by atoms with van der Waals surface area (Å²) in [4.78, 5) is 21.1. The van der Waals surface area contributed by atoms with Crippen LogP contribution >= 0.6 is 11.6 Å². The van der Waals surface area contributed by atoms with E-state index in [0.717, 1.165) is 0 Å². The number of rotatable bonds is 2. The van der Waals surface area contributed by atoms with Gasteiger partial charge in [-0.05, 0) is 6.07 Å². The molecule has 0 heterocycles. The SMILES string of the molecule is CC(=O)Nc1cc(O)c(C=O)cc1Cl. The molecule has 74 valence electrons. The fourth-order valence-corrected chi connectivity index (χ4v) is 1.18. The Labute approximate surface area is 85.5 Å². The molecule has 5 heteroatoms. The number of phenols is 1. The van der Waals surface area contributed by atoms with Gasteiger partial charge in [0, 0.05) is 13.0 Å². The lowest BCUT2D eigenvalue weighted by atomic mass is 10.2. The molecule has 0 atom stereocenters. The average Bonchev–Trinajstić information content (AvgIpc) is 2.10. The molecule has 1 aromatic carbocycles. The number of anilines is 1. The van der Waals surface area contributed by atoms with Gasteiger partial charge in [0.1, 0.15) is 5.75 Å². The van der Waals surface area contributed by atoms with E-state index in [1.54, 1.807) is 0 Å². The lowest BCUT2D eigenvalue weighted by Gasteiger charge is -2.06. The van der Waals surface area contributed by atoms with Crippen LogP contribution in [0.4, 0.5) is 5.69 Å².